The molecule has 102 valence electrons. The van der Waals surface area contributed by atoms with Crippen LogP contribution in [0.5, 0.6) is 0 Å². The molecular formula is C19H21N. The summed E-state index contributed by atoms with van der Waals surface area (Å²) in [5, 5.41) is 2.57. The van der Waals surface area contributed by atoms with Gasteiger partial charge in [-0.15, -0.1) is 0 Å². The first-order valence-electron chi connectivity index (χ1n) is 7.59. The summed E-state index contributed by atoms with van der Waals surface area (Å²) >= 11 is 0. The number of hydrogen-bond donors (Lipinski definition) is 0. The van der Waals surface area contributed by atoms with Gasteiger partial charge in [-0.2, -0.15) is 0 Å². The van der Waals surface area contributed by atoms with Crippen LogP contribution in [0.2, 0.25) is 0 Å². The van der Waals surface area contributed by atoms with Crippen molar-refractivity contribution < 1.29 is 0 Å². The average molecular weight is 263 g/mol. The van der Waals surface area contributed by atoms with Gasteiger partial charge in [-0.05, 0) is 42.9 Å². The Labute approximate surface area is 121 Å². The summed E-state index contributed by atoms with van der Waals surface area (Å²) in [5.41, 5.74) is 2.83. The molecule has 0 aromatic heterocycles. The zero-order valence-corrected chi connectivity index (χ0v) is 11.9. The quantitative estimate of drug-likeness (QED) is 0.534. The van der Waals surface area contributed by atoms with E-state index in [9.17, 15) is 0 Å². The maximum absolute atomic E-state index is 4.62. The van der Waals surface area contributed by atoms with E-state index in [0.717, 1.165) is 13.0 Å². The van der Waals surface area contributed by atoms with Gasteiger partial charge in [0.05, 0.1) is 0 Å². The summed E-state index contributed by atoms with van der Waals surface area (Å²) in [6, 6.07) is 14.9. The summed E-state index contributed by atoms with van der Waals surface area (Å²) in [7, 11) is 0. The molecule has 0 amide bonds. The average Bonchev–Trinajstić information content (AvgIpc) is 2.53. The van der Waals surface area contributed by atoms with Crippen LogP contribution >= 0.6 is 0 Å². The van der Waals surface area contributed by atoms with Crippen LogP contribution in [0.4, 0.5) is 0 Å². The van der Waals surface area contributed by atoms with Gasteiger partial charge in [-0.25, -0.2) is 0 Å². The number of aliphatic imine (C=N–C) groups is 1. The number of fused-ring (bicyclic) bond motifs is 1. The molecule has 0 spiro atoms. The molecule has 1 aliphatic rings. The molecule has 0 heterocycles. The molecule has 3 rings (SSSR count). The lowest BCUT2D eigenvalue weighted by molar-refractivity contribution is 0.676. The Balaban J connectivity index is 1.67. The summed E-state index contributed by atoms with van der Waals surface area (Å²) in [6.07, 6.45) is 10.8. The van der Waals surface area contributed by atoms with Gasteiger partial charge in [0, 0.05) is 18.3 Å². The van der Waals surface area contributed by atoms with E-state index in [1.807, 2.05) is 6.21 Å². The fourth-order valence-corrected chi connectivity index (χ4v) is 2.87. The first kappa shape index (κ1) is 13.1. The lowest BCUT2D eigenvalue weighted by Crippen LogP contribution is -1.94. The largest absolute Gasteiger partial charge is 0.292 e. The molecule has 0 unspecified atom stereocenters. The molecule has 0 aliphatic heterocycles. The van der Waals surface area contributed by atoms with Crippen molar-refractivity contribution >= 4 is 17.0 Å². The third kappa shape index (κ3) is 3.16. The van der Waals surface area contributed by atoms with Crippen molar-refractivity contribution in [2.75, 3.05) is 6.54 Å². The van der Waals surface area contributed by atoms with Crippen molar-refractivity contribution in [1.82, 2.24) is 0 Å². The van der Waals surface area contributed by atoms with Crippen LogP contribution < -0.4 is 0 Å². The van der Waals surface area contributed by atoms with Gasteiger partial charge in [-0.1, -0.05) is 54.1 Å². The zero-order valence-electron chi connectivity index (χ0n) is 11.9. The Morgan fingerprint density at radius 2 is 1.90 bits per heavy atom. The van der Waals surface area contributed by atoms with Crippen LogP contribution in [-0.2, 0) is 0 Å². The molecule has 0 saturated carbocycles. The SMILES string of the molecule is C(=NCCC1=CCCCC1)c1cccc2ccccc12. The van der Waals surface area contributed by atoms with Crippen LogP contribution in [0.15, 0.2) is 59.1 Å². The third-order valence-corrected chi connectivity index (χ3v) is 4.00. The van der Waals surface area contributed by atoms with Gasteiger partial charge in [0.15, 0.2) is 0 Å². The molecule has 1 aliphatic carbocycles. The molecule has 0 radical (unpaired) electrons. The van der Waals surface area contributed by atoms with Crippen molar-refractivity contribution in [1.29, 1.82) is 0 Å². The Bertz CT molecular complexity index is 632. The molecule has 0 saturated heterocycles. The van der Waals surface area contributed by atoms with Crippen LogP contribution in [0, 0.1) is 0 Å². The van der Waals surface area contributed by atoms with Gasteiger partial charge in [0.1, 0.15) is 0 Å². The Kier molecular flexibility index (Phi) is 4.27. The van der Waals surface area contributed by atoms with E-state index in [-0.39, 0.29) is 0 Å². The molecule has 0 N–H and O–H groups in total. The minimum absolute atomic E-state index is 0.912. The predicted octanol–water partition coefficient (Wildman–Crippen LogP) is 5.15. The lowest BCUT2D eigenvalue weighted by Gasteiger charge is -2.10. The summed E-state index contributed by atoms with van der Waals surface area (Å²) in [6.45, 7) is 0.912. The van der Waals surface area contributed by atoms with Crippen molar-refractivity contribution in [3.05, 3.63) is 59.7 Å². The molecule has 1 heteroatoms. The highest BCUT2D eigenvalue weighted by Gasteiger charge is 2.02. The van der Waals surface area contributed by atoms with E-state index in [0.29, 0.717) is 0 Å². The van der Waals surface area contributed by atoms with E-state index in [4.69, 9.17) is 0 Å². The van der Waals surface area contributed by atoms with Crippen LogP contribution in [0.1, 0.15) is 37.7 Å². The number of rotatable bonds is 4. The van der Waals surface area contributed by atoms with Gasteiger partial charge in [0.2, 0.25) is 0 Å². The summed E-state index contributed by atoms with van der Waals surface area (Å²) in [5.74, 6) is 0. The zero-order chi connectivity index (χ0) is 13.6. The van der Waals surface area contributed by atoms with E-state index >= 15 is 0 Å². The van der Waals surface area contributed by atoms with E-state index in [2.05, 4.69) is 53.5 Å². The summed E-state index contributed by atoms with van der Waals surface area (Å²) < 4.78 is 0. The number of hydrogen-bond acceptors (Lipinski definition) is 1. The highest BCUT2D eigenvalue weighted by atomic mass is 14.7. The third-order valence-electron chi connectivity index (χ3n) is 4.00. The van der Waals surface area contributed by atoms with E-state index in [1.54, 1.807) is 5.57 Å². The second-order valence-corrected chi connectivity index (χ2v) is 5.46. The van der Waals surface area contributed by atoms with Crippen LogP contribution in [-0.4, -0.2) is 12.8 Å². The summed E-state index contributed by atoms with van der Waals surface area (Å²) in [4.78, 5) is 4.62. The second-order valence-electron chi connectivity index (χ2n) is 5.46. The van der Waals surface area contributed by atoms with Gasteiger partial charge < -0.3 is 0 Å². The molecule has 20 heavy (non-hydrogen) atoms. The minimum atomic E-state index is 0.912. The predicted molar refractivity (Wildman–Crippen MR) is 87.6 cm³/mol. The number of benzene rings is 2. The van der Waals surface area contributed by atoms with Gasteiger partial charge >= 0.3 is 0 Å². The van der Waals surface area contributed by atoms with Crippen molar-refractivity contribution in [2.45, 2.75) is 32.1 Å². The highest BCUT2D eigenvalue weighted by Crippen LogP contribution is 2.20. The van der Waals surface area contributed by atoms with Crippen molar-refractivity contribution in [3.63, 3.8) is 0 Å². The monoisotopic (exact) mass is 263 g/mol. The molecule has 2 aromatic rings. The topological polar surface area (TPSA) is 12.4 Å². The fourth-order valence-electron chi connectivity index (χ4n) is 2.87. The lowest BCUT2D eigenvalue weighted by atomic mass is 9.97. The molecule has 2 aromatic carbocycles. The Morgan fingerprint density at radius 1 is 1.00 bits per heavy atom. The molecule has 0 fully saturated rings. The minimum Gasteiger partial charge on any atom is -0.292 e. The Hall–Kier alpha value is -1.89. The molecule has 0 bridgehead atoms. The molecular weight excluding hydrogens is 242 g/mol. The van der Waals surface area contributed by atoms with Crippen molar-refractivity contribution in [2.24, 2.45) is 4.99 Å². The van der Waals surface area contributed by atoms with Gasteiger partial charge in [0.25, 0.3) is 0 Å². The first-order chi connectivity index (χ1) is 9.93. The maximum Gasteiger partial charge on any atom is 0.0426 e. The second kappa shape index (κ2) is 6.51. The van der Waals surface area contributed by atoms with E-state index in [1.165, 1.54) is 42.0 Å². The Morgan fingerprint density at radius 3 is 2.80 bits per heavy atom. The smallest absolute Gasteiger partial charge is 0.0426 e. The molecule has 1 nitrogen and oxygen atoms in total. The van der Waals surface area contributed by atoms with Crippen molar-refractivity contribution in [3.8, 4) is 0 Å². The van der Waals surface area contributed by atoms with Gasteiger partial charge in [-0.3, -0.25) is 4.99 Å². The van der Waals surface area contributed by atoms with Crippen LogP contribution in [0.25, 0.3) is 10.8 Å². The number of allylic oxidation sites excluding steroid dienone is 1. The van der Waals surface area contributed by atoms with Crippen LogP contribution in [0.3, 0.4) is 0 Å². The number of nitrogens with zero attached hydrogens (tertiary/aromatic N) is 1. The first-order valence-corrected chi connectivity index (χ1v) is 7.59. The van der Waals surface area contributed by atoms with E-state index < -0.39 is 0 Å². The fraction of sp³-hybridized carbons (Fsp3) is 0.316. The normalized spacial score (nSPS) is 15.7. The standard InChI is InChI=1S/C19H21N/c1-2-7-16(8-3-1)13-14-20-15-18-11-6-10-17-9-4-5-12-19(17)18/h4-7,9-12,15H,1-3,8,13-14H2. The maximum atomic E-state index is 4.62. The highest BCUT2D eigenvalue weighted by molar-refractivity contribution is 5.99. The molecule has 0 atom stereocenters.